The third-order valence-corrected chi connectivity index (χ3v) is 4.01. The second kappa shape index (κ2) is 9.91. The molecule has 0 aromatic carbocycles. The molecule has 5 nitrogen and oxygen atoms in total. The molecule has 1 saturated heterocycles. The van der Waals surface area contributed by atoms with E-state index in [0.717, 1.165) is 19.4 Å². The van der Waals surface area contributed by atoms with Gasteiger partial charge in [0.25, 0.3) is 5.91 Å². The Hall–Kier alpha value is -1.61. The third kappa shape index (κ3) is 5.98. The second-order valence-electron chi connectivity index (χ2n) is 6.05. The Morgan fingerprint density at radius 1 is 1.46 bits per heavy atom. The van der Waals surface area contributed by atoms with E-state index in [1.165, 1.54) is 18.3 Å². The van der Waals surface area contributed by atoms with Gasteiger partial charge in [0.2, 0.25) is 5.88 Å². The zero-order valence-electron chi connectivity index (χ0n) is 14.3. The number of hydrogen-bond acceptors (Lipinski definition) is 4. The van der Waals surface area contributed by atoms with Crippen LogP contribution in [0.3, 0.4) is 0 Å². The number of ether oxygens (including phenoxy) is 1. The van der Waals surface area contributed by atoms with Crippen molar-refractivity contribution in [2.75, 3.05) is 33.3 Å². The summed E-state index contributed by atoms with van der Waals surface area (Å²) in [5.41, 5.74) is 0.304. The number of nitrogens with one attached hydrogen (secondary N) is 1. The van der Waals surface area contributed by atoms with Gasteiger partial charge in [-0.15, -0.1) is 12.4 Å². The molecule has 1 N–H and O–H groups in total. The van der Waals surface area contributed by atoms with E-state index in [2.05, 4.69) is 15.0 Å². The topological polar surface area (TPSA) is 54.5 Å². The van der Waals surface area contributed by atoms with Gasteiger partial charge in [0.15, 0.2) is 6.61 Å². The van der Waals surface area contributed by atoms with Gasteiger partial charge in [-0.2, -0.15) is 8.78 Å². The molecule has 26 heavy (non-hydrogen) atoms. The molecule has 1 atom stereocenters. The predicted molar refractivity (Wildman–Crippen MR) is 90.5 cm³/mol. The summed E-state index contributed by atoms with van der Waals surface area (Å²) in [5, 5.41) is 3.10. The molecule has 1 aromatic heterocycles. The lowest BCUT2D eigenvalue weighted by atomic mass is 9.97. The molecule has 1 unspecified atom stereocenters. The first kappa shape index (κ1) is 22.4. The lowest BCUT2D eigenvalue weighted by molar-refractivity contribution is -0.148. The highest BCUT2D eigenvalue weighted by molar-refractivity contribution is 5.94. The molecule has 0 spiro atoms. The van der Waals surface area contributed by atoms with Gasteiger partial charge >= 0.3 is 12.3 Å². The highest BCUT2D eigenvalue weighted by Gasteiger charge is 2.41. The van der Waals surface area contributed by atoms with Crippen LogP contribution in [-0.4, -0.2) is 61.4 Å². The predicted octanol–water partition coefficient (Wildman–Crippen LogP) is 2.85. The Kier molecular flexibility index (Phi) is 8.55. The van der Waals surface area contributed by atoms with Gasteiger partial charge in [-0.25, -0.2) is 13.8 Å². The van der Waals surface area contributed by atoms with Crippen LogP contribution in [0.2, 0.25) is 0 Å². The maximum absolute atomic E-state index is 12.8. The molecule has 10 heteroatoms. The van der Waals surface area contributed by atoms with E-state index in [4.69, 9.17) is 0 Å². The number of nitrogens with zero attached hydrogens (tertiary/aromatic N) is 2. The zero-order valence-corrected chi connectivity index (χ0v) is 15.1. The molecule has 2 rings (SSSR count). The fraction of sp³-hybridized carbons (Fsp3) is 0.625. The highest BCUT2D eigenvalue weighted by Crippen LogP contribution is 2.24. The maximum Gasteiger partial charge on any atom is 0.340 e. The Labute approximate surface area is 155 Å². The van der Waals surface area contributed by atoms with Gasteiger partial charge < -0.3 is 15.0 Å². The van der Waals surface area contributed by atoms with Gasteiger partial charge in [-0.05, 0) is 38.4 Å². The van der Waals surface area contributed by atoms with Gasteiger partial charge in [0.05, 0.1) is 5.56 Å². The SMILES string of the molecule is CNCC1CCCN(C(=O)c2ccc(OCC(F)(F)C(F)F)nc2)C1.Cl. The molecule has 2 heterocycles. The van der Waals surface area contributed by atoms with Crippen molar-refractivity contribution in [1.82, 2.24) is 15.2 Å². The average molecular weight is 400 g/mol. The van der Waals surface area contributed by atoms with Crippen LogP contribution in [0.15, 0.2) is 18.3 Å². The van der Waals surface area contributed by atoms with Crippen molar-refractivity contribution in [3.8, 4) is 5.88 Å². The summed E-state index contributed by atoms with van der Waals surface area (Å²) in [7, 11) is 1.86. The molecule has 1 aromatic rings. The van der Waals surface area contributed by atoms with Crippen LogP contribution in [-0.2, 0) is 0 Å². The lowest BCUT2D eigenvalue weighted by Gasteiger charge is -2.32. The van der Waals surface area contributed by atoms with Gasteiger partial charge in [0, 0.05) is 25.4 Å². The van der Waals surface area contributed by atoms with E-state index >= 15 is 0 Å². The van der Waals surface area contributed by atoms with Gasteiger partial charge in [-0.3, -0.25) is 4.79 Å². The summed E-state index contributed by atoms with van der Waals surface area (Å²) in [5.74, 6) is -4.29. The first-order chi connectivity index (χ1) is 11.8. The smallest absolute Gasteiger partial charge is 0.340 e. The third-order valence-electron chi connectivity index (χ3n) is 4.01. The van der Waals surface area contributed by atoms with Crippen LogP contribution in [0, 0.1) is 5.92 Å². The van der Waals surface area contributed by atoms with Crippen LogP contribution in [0.4, 0.5) is 17.6 Å². The van der Waals surface area contributed by atoms with Crippen molar-refractivity contribution < 1.29 is 27.1 Å². The van der Waals surface area contributed by atoms with Crippen LogP contribution < -0.4 is 10.1 Å². The quantitative estimate of drug-likeness (QED) is 0.716. The summed E-state index contributed by atoms with van der Waals surface area (Å²) >= 11 is 0. The molecule has 0 aliphatic carbocycles. The summed E-state index contributed by atoms with van der Waals surface area (Å²) in [6.45, 7) is 0.645. The molecule has 0 radical (unpaired) electrons. The van der Waals surface area contributed by atoms with E-state index in [-0.39, 0.29) is 24.2 Å². The van der Waals surface area contributed by atoms with Crippen LogP contribution >= 0.6 is 12.4 Å². The Morgan fingerprint density at radius 2 is 2.19 bits per heavy atom. The average Bonchev–Trinajstić information content (AvgIpc) is 2.60. The fourth-order valence-corrected chi connectivity index (χ4v) is 2.71. The number of piperidine rings is 1. The van der Waals surface area contributed by atoms with E-state index in [1.807, 2.05) is 7.05 Å². The molecule has 0 saturated carbocycles. The van der Waals surface area contributed by atoms with Crippen molar-refractivity contribution in [2.24, 2.45) is 5.92 Å². The molecule has 148 valence electrons. The molecule has 1 fully saturated rings. The number of rotatable bonds is 7. The van der Waals surface area contributed by atoms with Crippen molar-refractivity contribution in [3.63, 3.8) is 0 Å². The Morgan fingerprint density at radius 3 is 2.77 bits per heavy atom. The molecule has 1 aliphatic rings. The highest BCUT2D eigenvalue weighted by atomic mass is 35.5. The monoisotopic (exact) mass is 399 g/mol. The summed E-state index contributed by atoms with van der Waals surface area (Å²) in [6.07, 6.45) is -0.637. The minimum atomic E-state index is -4.24. The number of pyridine rings is 1. The summed E-state index contributed by atoms with van der Waals surface area (Å²) in [6, 6.07) is 2.62. The second-order valence-corrected chi connectivity index (χ2v) is 6.05. The molecule has 1 aliphatic heterocycles. The molecular weight excluding hydrogens is 378 g/mol. The van der Waals surface area contributed by atoms with Gasteiger partial charge in [0.1, 0.15) is 0 Å². The number of alkyl halides is 4. The van der Waals surface area contributed by atoms with Crippen LogP contribution in [0.25, 0.3) is 0 Å². The Bertz CT molecular complexity index is 573. The molecule has 1 amide bonds. The van der Waals surface area contributed by atoms with Crippen molar-refractivity contribution in [2.45, 2.75) is 25.2 Å². The van der Waals surface area contributed by atoms with E-state index in [1.54, 1.807) is 4.90 Å². The summed E-state index contributed by atoms with van der Waals surface area (Å²) < 4.78 is 54.4. The number of halogens is 5. The number of carbonyl (C=O) groups is 1. The van der Waals surface area contributed by atoms with Crippen LogP contribution in [0.1, 0.15) is 23.2 Å². The number of amides is 1. The van der Waals surface area contributed by atoms with Crippen molar-refractivity contribution >= 4 is 18.3 Å². The normalized spacial score (nSPS) is 17.8. The lowest BCUT2D eigenvalue weighted by Crippen LogP contribution is -2.42. The first-order valence-electron chi connectivity index (χ1n) is 8.02. The molecule has 0 bridgehead atoms. The fourth-order valence-electron chi connectivity index (χ4n) is 2.71. The number of hydrogen-bond donors (Lipinski definition) is 1. The molecular formula is C16H22ClF4N3O2. The van der Waals surface area contributed by atoms with Gasteiger partial charge in [-0.1, -0.05) is 0 Å². The van der Waals surface area contributed by atoms with E-state index in [9.17, 15) is 22.4 Å². The Balaban J connectivity index is 0.00000338. The maximum atomic E-state index is 12.8. The minimum Gasteiger partial charge on any atom is -0.471 e. The van der Waals surface area contributed by atoms with E-state index < -0.39 is 19.0 Å². The van der Waals surface area contributed by atoms with E-state index in [0.29, 0.717) is 24.6 Å². The first-order valence-corrected chi connectivity index (χ1v) is 8.02. The van der Waals surface area contributed by atoms with Crippen molar-refractivity contribution in [1.29, 1.82) is 0 Å². The van der Waals surface area contributed by atoms with Crippen LogP contribution in [0.5, 0.6) is 5.88 Å². The zero-order chi connectivity index (χ0) is 18.4. The largest absolute Gasteiger partial charge is 0.471 e. The number of likely N-dealkylation sites (tertiary alicyclic amines) is 1. The standard InChI is InChI=1S/C16H21F4N3O2.ClH/c1-21-7-11-3-2-6-23(9-11)14(24)12-4-5-13(22-8-12)25-10-16(19,20)15(17)18;/h4-5,8,11,15,21H,2-3,6-7,9-10H2,1H3;1H. The number of carbonyl (C=O) groups excluding carboxylic acids is 1. The summed E-state index contributed by atoms with van der Waals surface area (Å²) in [4.78, 5) is 18.0. The number of aromatic nitrogens is 1. The van der Waals surface area contributed by atoms with Crippen molar-refractivity contribution in [3.05, 3.63) is 23.9 Å². The minimum absolute atomic E-state index is 0.